The Morgan fingerprint density at radius 1 is 1.17 bits per heavy atom. The van der Waals surface area contributed by atoms with E-state index in [9.17, 15) is 26.7 Å². The number of ether oxygens (including phenoxy) is 1. The molecule has 0 bridgehead atoms. The van der Waals surface area contributed by atoms with Crippen LogP contribution < -0.4 is 10.5 Å². The summed E-state index contributed by atoms with van der Waals surface area (Å²) in [5.74, 6) is -4.46. The SMILES string of the molecule is [CH2]C(Oc1ccc(F)c(C(N)=O)c1F)c1nc(-c2ccc(C(F)(F)F)cc2)c(Br)o1. The van der Waals surface area contributed by atoms with Gasteiger partial charge in [0, 0.05) is 5.56 Å². The zero-order valence-electron chi connectivity index (χ0n) is 14.8. The lowest BCUT2D eigenvalue weighted by Crippen LogP contribution is -2.17. The average molecular weight is 490 g/mol. The minimum atomic E-state index is -4.49. The molecule has 0 fully saturated rings. The quantitative estimate of drug-likeness (QED) is 0.483. The Morgan fingerprint density at radius 3 is 2.37 bits per heavy atom. The number of halogens is 6. The number of nitrogens with zero attached hydrogens (tertiary/aromatic N) is 1. The maximum atomic E-state index is 14.3. The maximum absolute atomic E-state index is 14.3. The van der Waals surface area contributed by atoms with E-state index < -0.39 is 46.7 Å². The van der Waals surface area contributed by atoms with Crippen molar-refractivity contribution < 1.29 is 35.9 Å². The molecule has 30 heavy (non-hydrogen) atoms. The van der Waals surface area contributed by atoms with Gasteiger partial charge in [0.2, 0.25) is 5.89 Å². The first-order valence-corrected chi connectivity index (χ1v) is 8.89. The van der Waals surface area contributed by atoms with E-state index in [1.54, 1.807) is 0 Å². The Labute approximate surface area is 174 Å². The van der Waals surface area contributed by atoms with Gasteiger partial charge in [-0.15, -0.1) is 0 Å². The van der Waals surface area contributed by atoms with Crippen molar-refractivity contribution in [2.24, 2.45) is 5.73 Å². The normalized spacial score (nSPS) is 12.6. The van der Waals surface area contributed by atoms with Crippen molar-refractivity contribution in [3.05, 3.63) is 76.6 Å². The molecule has 11 heteroatoms. The summed E-state index contributed by atoms with van der Waals surface area (Å²) >= 11 is 3.10. The van der Waals surface area contributed by atoms with E-state index in [-0.39, 0.29) is 16.3 Å². The molecule has 1 heterocycles. The molecule has 0 saturated heterocycles. The lowest BCUT2D eigenvalue weighted by molar-refractivity contribution is -0.137. The van der Waals surface area contributed by atoms with Gasteiger partial charge in [0.15, 0.2) is 22.3 Å². The lowest BCUT2D eigenvalue weighted by atomic mass is 10.1. The third-order valence-corrected chi connectivity index (χ3v) is 4.47. The fourth-order valence-corrected chi connectivity index (χ4v) is 2.99. The van der Waals surface area contributed by atoms with Crippen LogP contribution in [0.1, 0.15) is 27.9 Å². The first-order valence-electron chi connectivity index (χ1n) is 8.10. The largest absolute Gasteiger partial charge is 0.478 e. The van der Waals surface area contributed by atoms with Crippen LogP contribution in [0.25, 0.3) is 11.3 Å². The number of alkyl halides is 3. The number of primary amides is 1. The van der Waals surface area contributed by atoms with E-state index in [0.717, 1.165) is 24.3 Å². The number of benzene rings is 2. The molecule has 0 aliphatic rings. The topological polar surface area (TPSA) is 78.4 Å². The maximum Gasteiger partial charge on any atom is 0.416 e. The second kappa shape index (κ2) is 8.05. The molecule has 2 aromatic carbocycles. The second-order valence-electron chi connectivity index (χ2n) is 5.95. The molecule has 2 N–H and O–H groups in total. The van der Waals surface area contributed by atoms with E-state index in [4.69, 9.17) is 14.9 Å². The zero-order chi connectivity index (χ0) is 22.2. The summed E-state index contributed by atoms with van der Waals surface area (Å²) in [7, 11) is 0. The van der Waals surface area contributed by atoms with Gasteiger partial charge in [0.05, 0.1) is 5.56 Å². The van der Waals surface area contributed by atoms with Crippen LogP contribution in [0.4, 0.5) is 22.0 Å². The van der Waals surface area contributed by atoms with Crippen molar-refractivity contribution in [2.45, 2.75) is 12.3 Å². The van der Waals surface area contributed by atoms with Crippen LogP contribution in [0.5, 0.6) is 5.75 Å². The summed E-state index contributed by atoms with van der Waals surface area (Å²) in [5, 5.41) is 0. The van der Waals surface area contributed by atoms with Crippen molar-refractivity contribution in [3.8, 4) is 17.0 Å². The van der Waals surface area contributed by atoms with Crippen LogP contribution in [0.2, 0.25) is 0 Å². The predicted octanol–water partition coefficient (Wildman–Crippen LogP) is 5.45. The van der Waals surface area contributed by atoms with Crippen LogP contribution in [-0.4, -0.2) is 10.9 Å². The lowest BCUT2D eigenvalue weighted by Gasteiger charge is -2.13. The third kappa shape index (κ3) is 4.30. The van der Waals surface area contributed by atoms with Crippen molar-refractivity contribution in [1.82, 2.24) is 4.98 Å². The molecule has 3 aromatic rings. The summed E-state index contributed by atoms with van der Waals surface area (Å²) < 4.78 is 76.7. The molecule has 157 valence electrons. The minimum Gasteiger partial charge on any atom is -0.478 e. The monoisotopic (exact) mass is 489 g/mol. The standard InChI is InChI=1S/C19H11BrF5N2O3/c1-8(29-12-7-6-11(21)13(14(12)22)17(26)28)18-27-15(16(20)30-18)9-2-4-10(5-3-9)19(23,24)25/h2-8H,1H2,(H2,26,28). The van der Waals surface area contributed by atoms with E-state index >= 15 is 0 Å². The van der Waals surface area contributed by atoms with Gasteiger partial charge in [-0.2, -0.15) is 13.2 Å². The van der Waals surface area contributed by atoms with Gasteiger partial charge in [-0.1, -0.05) is 12.1 Å². The van der Waals surface area contributed by atoms with E-state index in [1.165, 1.54) is 12.1 Å². The molecule has 0 aliphatic heterocycles. The summed E-state index contributed by atoms with van der Waals surface area (Å²) in [5.41, 5.74) is 3.62. The van der Waals surface area contributed by atoms with Crippen LogP contribution in [0.3, 0.4) is 0 Å². The minimum absolute atomic E-state index is 0.0758. The Bertz CT molecular complexity index is 1100. The van der Waals surface area contributed by atoms with Crippen molar-refractivity contribution >= 4 is 21.8 Å². The molecule has 1 radical (unpaired) electrons. The van der Waals surface area contributed by atoms with Crippen LogP contribution in [0.15, 0.2) is 45.5 Å². The Morgan fingerprint density at radius 2 is 1.80 bits per heavy atom. The Kier molecular flexibility index (Phi) is 5.84. The highest BCUT2D eigenvalue weighted by Crippen LogP contribution is 2.35. The molecule has 0 aliphatic carbocycles. The van der Waals surface area contributed by atoms with E-state index in [0.29, 0.717) is 5.56 Å². The summed E-state index contributed by atoms with van der Waals surface area (Å²) in [6.45, 7) is 3.61. The van der Waals surface area contributed by atoms with Crippen molar-refractivity contribution in [1.29, 1.82) is 0 Å². The molecule has 1 unspecified atom stereocenters. The highest BCUT2D eigenvalue weighted by Gasteiger charge is 2.30. The van der Waals surface area contributed by atoms with Gasteiger partial charge < -0.3 is 14.9 Å². The molecule has 1 atom stereocenters. The number of oxazole rings is 1. The number of carbonyl (C=O) groups is 1. The predicted molar refractivity (Wildman–Crippen MR) is 98.2 cm³/mol. The van der Waals surface area contributed by atoms with Gasteiger partial charge in [-0.05, 0) is 47.1 Å². The number of rotatable bonds is 5. The van der Waals surface area contributed by atoms with Crippen molar-refractivity contribution in [3.63, 3.8) is 0 Å². The molecule has 0 saturated carbocycles. The molecular formula is C19H11BrF5N2O3. The van der Waals surface area contributed by atoms with Gasteiger partial charge in [-0.25, -0.2) is 13.8 Å². The zero-order valence-corrected chi connectivity index (χ0v) is 16.4. The average Bonchev–Trinajstić information content (AvgIpc) is 3.05. The Balaban J connectivity index is 1.87. The van der Waals surface area contributed by atoms with Crippen LogP contribution in [-0.2, 0) is 6.18 Å². The second-order valence-corrected chi connectivity index (χ2v) is 6.68. The number of hydrogen-bond acceptors (Lipinski definition) is 4. The molecule has 5 nitrogen and oxygen atoms in total. The number of nitrogens with two attached hydrogens (primary N) is 1. The smallest absolute Gasteiger partial charge is 0.416 e. The van der Waals surface area contributed by atoms with Crippen LogP contribution in [0, 0.1) is 18.6 Å². The molecule has 1 amide bonds. The number of amides is 1. The van der Waals surface area contributed by atoms with E-state index in [1.807, 2.05) is 0 Å². The highest BCUT2D eigenvalue weighted by atomic mass is 79.9. The van der Waals surface area contributed by atoms with Gasteiger partial charge in [-0.3, -0.25) is 4.79 Å². The van der Waals surface area contributed by atoms with Gasteiger partial charge in [0.25, 0.3) is 5.91 Å². The highest BCUT2D eigenvalue weighted by molar-refractivity contribution is 9.10. The van der Waals surface area contributed by atoms with E-state index in [2.05, 4.69) is 27.8 Å². The molecule has 1 aromatic heterocycles. The van der Waals surface area contributed by atoms with Gasteiger partial charge in [0.1, 0.15) is 17.1 Å². The number of hydrogen-bond donors (Lipinski definition) is 1. The van der Waals surface area contributed by atoms with Crippen LogP contribution >= 0.6 is 15.9 Å². The molecular weight excluding hydrogens is 479 g/mol. The fraction of sp³-hybridized carbons (Fsp3) is 0.105. The number of aromatic nitrogens is 1. The first kappa shape index (κ1) is 21.8. The molecule has 3 rings (SSSR count). The Hall–Kier alpha value is -2.95. The number of carbonyl (C=O) groups excluding carboxylic acids is 1. The van der Waals surface area contributed by atoms with Crippen molar-refractivity contribution in [2.75, 3.05) is 0 Å². The third-order valence-electron chi connectivity index (χ3n) is 3.93. The van der Waals surface area contributed by atoms with Gasteiger partial charge >= 0.3 is 6.18 Å². The molecule has 0 spiro atoms. The first-order chi connectivity index (χ1) is 14.0. The summed E-state index contributed by atoms with van der Waals surface area (Å²) in [6.07, 6.45) is -5.73. The summed E-state index contributed by atoms with van der Waals surface area (Å²) in [6, 6.07) is 5.90. The summed E-state index contributed by atoms with van der Waals surface area (Å²) in [4.78, 5) is 15.3. The fourth-order valence-electron chi connectivity index (χ4n) is 2.50.